The molecule has 0 saturated carbocycles. The van der Waals surface area contributed by atoms with E-state index in [-0.39, 0.29) is 16.9 Å². The Hall–Kier alpha value is -1.85. The van der Waals surface area contributed by atoms with Crippen molar-refractivity contribution in [3.63, 3.8) is 0 Å². The van der Waals surface area contributed by atoms with E-state index in [2.05, 4.69) is 35.7 Å². The number of aromatic amines is 1. The van der Waals surface area contributed by atoms with Crippen molar-refractivity contribution >= 4 is 17.1 Å². The summed E-state index contributed by atoms with van der Waals surface area (Å²) in [5.41, 5.74) is 6.48. The highest BCUT2D eigenvalue weighted by molar-refractivity contribution is 5.70. The third kappa shape index (κ3) is 2.94. The standard InChI is InChI=1S/C13H21N5O/c1-4-5-13(2,3)6-7-18-8-15-9-10(18)16-12(14)17-11(9)19/h8H,4-7H2,1-3H3,(H3,14,16,17,19). The maximum absolute atomic E-state index is 11.7. The Labute approximate surface area is 112 Å². The number of H-pyrrole nitrogens is 1. The molecule has 0 saturated heterocycles. The van der Waals surface area contributed by atoms with Gasteiger partial charge in [-0.1, -0.05) is 27.2 Å². The van der Waals surface area contributed by atoms with E-state index in [9.17, 15) is 4.79 Å². The Morgan fingerprint density at radius 3 is 2.84 bits per heavy atom. The summed E-state index contributed by atoms with van der Waals surface area (Å²) in [6.45, 7) is 7.49. The molecule has 2 heterocycles. The van der Waals surface area contributed by atoms with Gasteiger partial charge >= 0.3 is 0 Å². The van der Waals surface area contributed by atoms with Crippen LogP contribution in [-0.4, -0.2) is 19.5 Å². The van der Waals surface area contributed by atoms with E-state index in [1.807, 2.05) is 4.57 Å². The van der Waals surface area contributed by atoms with Crippen molar-refractivity contribution < 1.29 is 0 Å². The van der Waals surface area contributed by atoms with Crippen LogP contribution in [-0.2, 0) is 6.54 Å². The molecule has 0 aliphatic carbocycles. The molecule has 0 aromatic carbocycles. The van der Waals surface area contributed by atoms with Crippen LogP contribution >= 0.6 is 0 Å². The molecule has 3 N–H and O–H groups in total. The minimum Gasteiger partial charge on any atom is -0.369 e. The van der Waals surface area contributed by atoms with Crippen molar-refractivity contribution in [1.29, 1.82) is 0 Å². The van der Waals surface area contributed by atoms with E-state index in [1.54, 1.807) is 6.33 Å². The second-order valence-electron chi connectivity index (χ2n) is 5.73. The van der Waals surface area contributed by atoms with Gasteiger partial charge < -0.3 is 10.3 Å². The summed E-state index contributed by atoms with van der Waals surface area (Å²) in [7, 11) is 0. The van der Waals surface area contributed by atoms with Gasteiger partial charge in [0.15, 0.2) is 11.2 Å². The van der Waals surface area contributed by atoms with E-state index >= 15 is 0 Å². The Balaban J connectivity index is 2.25. The van der Waals surface area contributed by atoms with E-state index in [1.165, 1.54) is 12.8 Å². The lowest BCUT2D eigenvalue weighted by atomic mass is 9.85. The van der Waals surface area contributed by atoms with E-state index in [0.717, 1.165) is 13.0 Å². The molecule has 19 heavy (non-hydrogen) atoms. The van der Waals surface area contributed by atoms with Crippen LogP contribution in [0.15, 0.2) is 11.1 Å². The zero-order chi connectivity index (χ0) is 14.0. The number of fused-ring (bicyclic) bond motifs is 1. The van der Waals surface area contributed by atoms with Crippen molar-refractivity contribution in [2.75, 3.05) is 5.73 Å². The van der Waals surface area contributed by atoms with Crippen LogP contribution in [0, 0.1) is 5.41 Å². The highest BCUT2D eigenvalue weighted by Gasteiger charge is 2.17. The molecule has 0 atom stereocenters. The fourth-order valence-electron chi connectivity index (χ4n) is 2.36. The number of nitrogens with one attached hydrogen (secondary N) is 1. The minimum atomic E-state index is -0.283. The monoisotopic (exact) mass is 263 g/mol. The van der Waals surface area contributed by atoms with Gasteiger partial charge in [-0.15, -0.1) is 0 Å². The largest absolute Gasteiger partial charge is 0.369 e. The number of hydrogen-bond donors (Lipinski definition) is 2. The molecule has 6 heteroatoms. The van der Waals surface area contributed by atoms with Crippen molar-refractivity contribution in [1.82, 2.24) is 19.5 Å². The van der Waals surface area contributed by atoms with E-state index in [4.69, 9.17) is 5.73 Å². The molecule has 2 aromatic rings. The zero-order valence-electron chi connectivity index (χ0n) is 11.7. The van der Waals surface area contributed by atoms with Crippen LogP contribution in [0.25, 0.3) is 11.2 Å². The molecule has 0 fully saturated rings. The van der Waals surface area contributed by atoms with Gasteiger partial charge in [-0.05, 0) is 18.3 Å². The molecule has 0 aliphatic heterocycles. The van der Waals surface area contributed by atoms with Gasteiger partial charge in [0.05, 0.1) is 6.33 Å². The fourth-order valence-corrected chi connectivity index (χ4v) is 2.36. The Morgan fingerprint density at radius 2 is 2.16 bits per heavy atom. The summed E-state index contributed by atoms with van der Waals surface area (Å²) < 4.78 is 1.90. The van der Waals surface area contributed by atoms with Gasteiger partial charge in [-0.3, -0.25) is 9.78 Å². The lowest BCUT2D eigenvalue weighted by molar-refractivity contribution is 0.287. The lowest BCUT2D eigenvalue weighted by Crippen LogP contribution is -2.16. The number of nitrogens with two attached hydrogens (primary N) is 1. The first kappa shape index (κ1) is 13.6. The average molecular weight is 263 g/mol. The number of imidazole rings is 1. The summed E-state index contributed by atoms with van der Waals surface area (Å²) in [6.07, 6.45) is 5.02. The smallest absolute Gasteiger partial charge is 0.280 e. The number of aryl methyl sites for hydroxylation is 1. The molecule has 104 valence electrons. The molecule has 2 aromatic heterocycles. The van der Waals surface area contributed by atoms with Crippen LogP contribution in [0.4, 0.5) is 5.95 Å². The first-order valence-corrected chi connectivity index (χ1v) is 6.63. The summed E-state index contributed by atoms with van der Waals surface area (Å²) >= 11 is 0. The summed E-state index contributed by atoms with van der Waals surface area (Å²) in [5.74, 6) is 0.132. The van der Waals surface area contributed by atoms with Gasteiger partial charge in [0.1, 0.15) is 0 Å². The van der Waals surface area contributed by atoms with Crippen LogP contribution in [0.1, 0.15) is 40.0 Å². The molecule has 0 unspecified atom stereocenters. The molecule has 0 bridgehead atoms. The number of aromatic nitrogens is 4. The van der Waals surface area contributed by atoms with Crippen LogP contribution in [0.2, 0.25) is 0 Å². The Bertz CT molecular complexity index is 625. The second-order valence-corrected chi connectivity index (χ2v) is 5.73. The first-order chi connectivity index (χ1) is 8.93. The third-order valence-electron chi connectivity index (χ3n) is 3.45. The topological polar surface area (TPSA) is 89.6 Å². The number of nitrogen functional groups attached to an aromatic ring is 1. The second kappa shape index (κ2) is 5.03. The molecule has 6 nitrogen and oxygen atoms in total. The van der Waals surface area contributed by atoms with Crippen molar-refractivity contribution in [2.24, 2.45) is 5.41 Å². The molecule has 2 rings (SSSR count). The number of rotatable bonds is 5. The van der Waals surface area contributed by atoms with Crippen LogP contribution in [0.3, 0.4) is 0 Å². The highest BCUT2D eigenvalue weighted by Crippen LogP contribution is 2.27. The minimum absolute atomic E-state index is 0.132. The first-order valence-electron chi connectivity index (χ1n) is 6.63. The fraction of sp³-hybridized carbons (Fsp3) is 0.615. The molecular formula is C13H21N5O. The van der Waals surface area contributed by atoms with Crippen LogP contribution in [0.5, 0.6) is 0 Å². The van der Waals surface area contributed by atoms with Gasteiger partial charge in [0.2, 0.25) is 5.95 Å². The molecule has 0 radical (unpaired) electrons. The molecule has 0 spiro atoms. The van der Waals surface area contributed by atoms with Crippen molar-refractivity contribution in [2.45, 2.75) is 46.6 Å². The van der Waals surface area contributed by atoms with E-state index in [0.29, 0.717) is 11.2 Å². The Morgan fingerprint density at radius 1 is 1.42 bits per heavy atom. The van der Waals surface area contributed by atoms with Crippen molar-refractivity contribution in [3.8, 4) is 0 Å². The molecule has 0 aliphatic rings. The SMILES string of the molecule is CCCC(C)(C)CCn1cnc2c(=O)[nH]c(N)nc21. The van der Waals surface area contributed by atoms with Crippen LogP contribution < -0.4 is 11.3 Å². The zero-order valence-corrected chi connectivity index (χ0v) is 11.7. The summed E-state index contributed by atoms with van der Waals surface area (Å²) in [5, 5.41) is 0. The van der Waals surface area contributed by atoms with E-state index < -0.39 is 0 Å². The maximum Gasteiger partial charge on any atom is 0.280 e. The quantitative estimate of drug-likeness (QED) is 0.862. The normalized spacial score (nSPS) is 12.2. The summed E-state index contributed by atoms with van der Waals surface area (Å²) in [6, 6.07) is 0. The average Bonchev–Trinajstić information content (AvgIpc) is 2.70. The maximum atomic E-state index is 11.7. The summed E-state index contributed by atoms with van der Waals surface area (Å²) in [4.78, 5) is 22.4. The van der Waals surface area contributed by atoms with Gasteiger partial charge in [0.25, 0.3) is 5.56 Å². The van der Waals surface area contributed by atoms with Gasteiger partial charge in [-0.25, -0.2) is 4.98 Å². The number of hydrogen-bond acceptors (Lipinski definition) is 4. The van der Waals surface area contributed by atoms with Gasteiger partial charge in [0, 0.05) is 6.54 Å². The predicted octanol–water partition coefficient (Wildman–Crippen LogP) is 1.92. The molecular weight excluding hydrogens is 242 g/mol. The lowest BCUT2D eigenvalue weighted by Gasteiger charge is -2.23. The van der Waals surface area contributed by atoms with Crippen molar-refractivity contribution in [3.05, 3.63) is 16.7 Å². The van der Waals surface area contributed by atoms with Gasteiger partial charge in [-0.2, -0.15) is 4.98 Å². The third-order valence-corrected chi connectivity index (χ3v) is 3.45. The number of nitrogens with zero attached hydrogens (tertiary/aromatic N) is 3. The Kier molecular flexibility index (Phi) is 3.59. The predicted molar refractivity (Wildman–Crippen MR) is 75.9 cm³/mol. The highest BCUT2D eigenvalue weighted by atomic mass is 16.1. The number of anilines is 1. The molecule has 0 amide bonds.